The topological polar surface area (TPSA) is 116 Å². The molecule has 1 aromatic carbocycles. The minimum absolute atomic E-state index is 0.0760. The van der Waals surface area contributed by atoms with E-state index in [9.17, 15) is 9.59 Å². The van der Waals surface area contributed by atoms with Crippen LogP contribution in [0.3, 0.4) is 0 Å². The van der Waals surface area contributed by atoms with Crippen molar-refractivity contribution < 1.29 is 14.3 Å². The van der Waals surface area contributed by atoms with Gasteiger partial charge in [-0.15, -0.1) is 0 Å². The molecule has 0 radical (unpaired) electrons. The molecule has 0 bridgehead atoms. The van der Waals surface area contributed by atoms with Gasteiger partial charge in [0.25, 0.3) is 5.91 Å². The maximum atomic E-state index is 11.9. The third-order valence-electron chi connectivity index (χ3n) is 2.47. The molecule has 0 spiro atoms. The first-order valence-electron chi connectivity index (χ1n) is 6.84. The van der Waals surface area contributed by atoms with Crippen LogP contribution in [0.25, 0.3) is 0 Å². The lowest BCUT2D eigenvalue weighted by Crippen LogP contribution is -2.29. The molecule has 0 unspecified atom stereocenters. The molecule has 2 N–H and O–H groups in total. The SMILES string of the molecule is CCOC(=O)C(=N/Nc1ccccc1)/C(C)=N/NC(=O)CC#N. The number of benzene rings is 1. The van der Waals surface area contributed by atoms with Gasteiger partial charge in [0.1, 0.15) is 6.42 Å². The Bertz CT molecular complexity index is 647. The van der Waals surface area contributed by atoms with Crippen LogP contribution in [0, 0.1) is 11.3 Å². The Morgan fingerprint density at radius 1 is 1.26 bits per heavy atom. The second-order valence-corrected chi connectivity index (χ2v) is 4.23. The van der Waals surface area contributed by atoms with Crippen molar-refractivity contribution in [3.8, 4) is 6.07 Å². The highest BCUT2D eigenvalue weighted by Gasteiger charge is 2.17. The summed E-state index contributed by atoms with van der Waals surface area (Å²) < 4.78 is 4.91. The Hall–Kier alpha value is -3.21. The van der Waals surface area contributed by atoms with Gasteiger partial charge >= 0.3 is 5.97 Å². The maximum absolute atomic E-state index is 11.9. The summed E-state index contributed by atoms with van der Waals surface area (Å²) in [7, 11) is 0. The lowest BCUT2D eigenvalue weighted by atomic mass is 10.2. The lowest BCUT2D eigenvalue weighted by molar-refractivity contribution is -0.134. The van der Waals surface area contributed by atoms with E-state index < -0.39 is 11.9 Å². The average Bonchev–Trinajstić information content (AvgIpc) is 2.54. The van der Waals surface area contributed by atoms with Crippen LogP contribution in [0.5, 0.6) is 0 Å². The van der Waals surface area contributed by atoms with E-state index in [0.717, 1.165) is 0 Å². The molecule has 23 heavy (non-hydrogen) atoms. The lowest BCUT2D eigenvalue weighted by Gasteiger charge is -2.07. The Labute approximate surface area is 133 Å². The van der Waals surface area contributed by atoms with Crippen molar-refractivity contribution in [2.24, 2.45) is 10.2 Å². The van der Waals surface area contributed by atoms with Gasteiger partial charge in [-0.1, -0.05) is 18.2 Å². The minimum atomic E-state index is -0.674. The van der Waals surface area contributed by atoms with Crippen LogP contribution in [0.4, 0.5) is 5.69 Å². The number of hydrazone groups is 2. The number of hydrogen-bond donors (Lipinski definition) is 2. The first kappa shape index (κ1) is 17.8. The number of hydrogen-bond acceptors (Lipinski definition) is 7. The van der Waals surface area contributed by atoms with Gasteiger partial charge in [-0.3, -0.25) is 10.2 Å². The molecule has 1 rings (SSSR count). The molecular weight excluding hydrogens is 298 g/mol. The summed E-state index contributed by atoms with van der Waals surface area (Å²) in [5, 5.41) is 16.1. The highest BCUT2D eigenvalue weighted by molar-refractivity contribution is 6.65. The van der Waals surface area contributed by atoms with Gasteiger partial charge in [-0.25, -0.2) is 10.2 Å². The van der Waals surface area contributed by atoms with Crippen LogP contribution >= 0.6 is 0 Å². The van der Waals surface area contributed by atoms with E-state index in [-0.39, 0.29) is 24.5 Å². The van der Waals surface area contributed by atoms with Crippen LogP contribution in [0.1, 0.15) is 20.3 Å². The van der Waals surface area contributed by atoms with Crippen molar-refractivity contribution in [3.63, 3.8) is 0 Å². The number of ether oxygens (including phenoxy) is 1. The van der Waals surface area contributed by atoms with Crippen LogP contribution in [0.2, 0.25) is 0 Å². The number of nitriles is 1. The monoisotopic (exact) mass is 315 g/mol. The van der Waals surface area contributed by atoms with Gasteiger partial charge in [0.05, 0.1) is 24.1 Å². The second-order valence-electron chi connectivity index (χ2n) is 4.23. The molecular formula is C15H17N5O3. The number of carbonyl (C=O) groups excluding carboxylic acids is 2. The zero-order valence-corrected chi connectivity index (χ0v) is 12.9. The largest absolute Gasteiger partial charge is 0.461 e. The molecule has 0 aliphatic rings. The van der Waals surface area contributed by atoms with Crippen LogP contribution in [0.15, 0.2) is 40.5 Å². The Kier molecular flexibility index (Phi) is 7.51. The van der Waals surface area contributed by atoms with Crippen molar-refractivity contribution in [3.05, 3.63) is 30.3 Å². The zero-order chi connectivity index (χ0) is 17.1. The number of para-hydroxylation sites is 1. The van der Waals surface area contributed by atoms with Crippen molar-refractivity contribution in [1.82, 2.24) is 5.43 Å². The van der Waals surface area contributed by atoms with Crippen molar-refractivity contribution in [1.29, 1.82) is 5.26 Å². The fraction of sp³-hybridized carbons (Fsp3) is 0.267. The molecule has 0 atom stereocenters. The molecule has 1 aromatic rings. The van der Waals surface area contributed by atoms with Crippen LogP contribution in [-0.4, -0.2) is 29.9 Å². The Morgan fingerprint density at radius 3 is 2.57 bits per heavy atom. The van der Waals surface area contributed by atoms with Gasteiger partial charge in [0.2, 0.25) is 0 Å². The van der Waals surface area contributed by atoms with E-state index >= 15 is 0 Å². The Balaban J connectivity index is 2.91. The van der Waals surface area contributed by atoms with Gasteiger partial charge in [0, 0.05) is 0 Å². The van der Waals surface area contributed by atoms with Crippen LogP contribution in [-0.2, 0) is 14.3 Å². The molecule has 0 heterocycles. The summed E-state index contributed by atoms with van der Waals surface area (Å²) in [5.74, 6) is -1.25. The molecule has 0 aromatic heterocycles. The zero-order valence-electron chi connectivity index (χ0n) is 12.9. The number of amides is 1. The van der Waals surface area contributed by atoms with E-state index in [1.54, 1.807) is 25.1 Å². The number of nitrogens with one attached hydrogen (secondary N) is 2. The molecule has 0 fully saturated rings. The highest BCUT2D eigenvalue weighted by Crippen LogP contribution is 2.05. The van der Waals surface area contributed by atoms with Gasteiger partial charge in [0.15, 0.2) is 5.71 Å². The first-order chi connectivity index (χ1) is 11.1. The summed E-state index contributed by atoms with van der Waals surface area (Å²) in [5.41, 5.74) is 5.64. The number of carbonyl (C=O) groups is 2. The number of nitrogens with zero attached hydrogens (tertiary/aromatic N) is 3. The molecule has 1 amide bonds. The average molecular weight is 315 g/mol. The van der Waals surface area contributed by atoms with Crippen LogP contribution < -0.4 is 10.9 Å². The smallest absolute Gasteiger partial charge is 0.360 e. The van der Waals surface area contributed by atoms with Crippen molar-refractivity contribution in [2.75, 3.05) is 12.0 Å². The fourth-order valence-corrected chi connectivity index (χ4v) is 1.42. The second kappa shape index (κ2) is 9.68. The molecule has 8 heteroatoms. The van der Waals surface area contributed by atoms with Gasteiger partial charge < -0.3 is 4.74 Å². The Morgan fingerprint density at radius 2 is 1.96 bits per heavy atom. The summed E-state index contributed by atoms with van der Waals surface area (Å²) in [4.78, 5) is 23.2. The molecule has 8 nitrogen and oxygen atoms in total. The molecule has 0 aliphatic heterocycles. The molecule has 0 saturated heterocycles. The predicted octanol–water partition coefficient (Wildman–Crippen LogP) is 1.42. The van der Waals surface area contributed by atoms with E-state index in [1.165, 1.54) is 6.92 Å². The fourth-order valence-electron chi connectivity index (χ4n) is 1.42. The summed E-state index contributed by atoms with van der Waals surface area (Å²) in [6.07, 6.45) is -0.328. The first-order valence-corrected chi connectivity index (χ1v) is 6.84. The third-order valence-corrected chi connectivity index (χ3v) is 2.47. The van der Waals surface area contributed by atoms with E-state index in [2.05, 4.69) is 21.1 Å². The predicted molar refractivity (Wildman–Crippen MR) is 85.6 cm³/mol. The summed E-state index contributed by atoms with van der Waals surface area (Å²) >= 11 is 0. The minimum Gasteiger partial charge on any atom is -0.461 e. The van der Waals surface area contributed by atoms with E-state index in [1.807, 2.05) is 18.2 Å². The normalized spacial score (nSPS) is 11.3. The quantitative estimate of drug-likeness (QED) is 0.448. The number of rotatable bonds is 7. The third kappa shape index (κ3) is 6.39. The molecule has 0 saturated carbocycles. The summed E-state index contributed by atoms with van der Waals surface area (Å²) in [6.45, 7) is 3.34. The van der Waals surface area contributed by atoms with E-state index in [0.29, 0.717) is 5.69 Å². The maximum Gasteiger partial charge on any atom is 0.360 e. The molecule has 120 valence electrons. The van der Waals surface area contributed by atoms with Crippen molar-refractivity contribution >= 4 is 29.0 Å². The van der Waals surface area contributed by atoms with E-state index in [4.69, 9.17) is 10.00 Å². The molecule has 0 aliphatic carbocycles. The van der Waals surface area contributed by atoms with Gasteiger partial charge in [-0.05, 0) is 26.0 Å². The van der Waals surface area contributed by atoms with Crippen molar-refractivity contribution in [2.45, 2.75) is 20.3 Å². The number of esters is 1. The van der Waals surface area contributed by atoms with Gasteiger partial charge in [-0.2, -0.15) is 15.5 Å². The summed E-state index contributed by atoms with van der Waals surface area (Å²) in [6, 6.07) is 10.7. The number of anilines is 1. The standard InChI is InChI=1S/C15H17N5O3/c1-3-23-15(22)14(11(2)17-19-13(21)9-10-16)20-18-12-7-5-4-6-8-12/h4-8,18H,3,9H2,1-2H3,(H,19,21)/b17-11+,20-14+. The highest BCUT2D eigenvalue weighted by atomic mass is 16.5.